The van der Waals surface area contributed by atoms with E-state index in [0.717, 1.165) is 0 Å². The summed E-state index contributed by atoms with van der Waals surface area (Å²) in [6.07, 6.45) is 0. The summed E-state index contributed by atoms with van der Waals surface area (Å²) in [4.78, 5) is 11.2. The van der Waals surface area contributed by atoms with Crippen LogP contribution in [0.4, 0.5) is 0 Å². The van der Waals surface area contributed by atoms with E-state index >= 15 is 0 Å². The molecule has 0 spiro atoms. The molecule has 4 heteroatoms. The van der Waals surface area contributed by atoms with Gasteiger partial charge in [-0.3, -0.25) is 0 Å². The predicted octanol–water partition coefficient (Wildman–Crippen LogP) is 5.20. The summed E-state index contributed by atoms with van der Waals surface area (Å²) in [6, 6.07) is 0. The van der Waals surface area contributed by atoms with Crippen molar-refractivity contribution in [3.63, 3.8) is 0 Å². The van der Waals surface area contributed by atoms with Crippen molar-refractivity contribution >= 4 is 5.97 Å². The molecule has 0 aliphatic rings. The Morgan fingerprint density at radius 1 is 0.952 bits per heavy atom. The highest BCUT2D eigenvalue weighted by Crippen LogP contribution is 2.16. The third-order valence-electron chi connectivity index (χ3n) is 1.82. The molecule has 0 fully saturated rings. The summed E-state index contributed by atoms with van der Waals surface area (Å²) in [5, 5.41) is 0. The van der Waals surface area contributed by atoms with Gasteiger partial charge in [0.1, 0.15) is 0 Å². The van der Waals surface area contributed by atoms with Gasteiger partial charge in [0.15, 0.2) is 6.79 Å². The Bertz CT molecular complexity index is 293. The third kappa shape index (κ3) is 18.7. The normalized spacial score (nSPS) is 8.76. The van der Waals surface area contributed by atoms with Gasteiger partial charge in [0, 0.05) is 11.0 Å². The molecule has 0 bridgehead atoms. The van der Waals surface area contributed by atoms with E-state index in [1.165, 1.54) is 0 Å². The Balaban J connectivity index is -0.000000213. The summed E-state index contributed by atoms with van der Waals surface area (Å²) in [6.45, 7) is 15.2. The first-order valence-electron chi connectivity index (χ1n) is 5.43. The van der Waals surface area contributed by atoms with E-state index in [-0.39, 0.29) is 54.5 Å². The van der Waals surface area contributed by atoms with E-state index in [1.54, 1.807) is 13.8 Å². The number of carbonyl (C=O) groups excluding carboxylic acids is 1. The minimum absolute atomic E-state index is 0. The molecule has 130 valence electrons. The van der Waals surface area contributed by atoms with Gasteiger partial charge in [-0.2, -0.15) is 0 Å². The zero-order valence-corrected chi connectivity index (χ0v) is 11.2. The molecule has 0 amide bonds. The molecule has 0 aromatic carbocycles. The number of allylic oxidation sites excluding steroid dienone is 1. The predicted molar refractivity (Wildman–Crippen MR) is 93.2 cm³/mol. The molecule has 4 nitrogen and oxygen atoms in total. The van der Waals surface area contributed by atoms with Gasteiger partial charge < -0.3 is 14.2 Å². The third-order valence-corrected chi connectivity index (χ3v) is 1.82. The van der Waals surface area contributed by atoms with Gasteiger partial charge in [0.2, 0.25) is 0 Å². The van der Waals surface area contributed by atoms with Gasteiger partial charge in [0.05, 0.1) is 19.0 Å². The van der Waals surface area contributed by atoms with Crippen LogP contribution in [0.25, 0.3) is 0 Å². The zero-order valence-electron chi connectivity index (χ0n) is 11.2. The lowest BCUT2D eigenvalue weighted by atomic mass is 9.96. The van der Waals surface area contributed by atoms with E-state index in [2.05, 4.69) is 13.2 Å². The Morgan fingerprint density at radius 2 is 1.43 bits per heavy atom. The number of esters is 1. The van der Waals surface area contributed by atoms with E-state index in [9.17, 15) is 4.79 Å². The van der Waals surface area contributed by atoms with Crippen molar-refractivity contribution in [1.29, 1.82) is 0 Å². The monoisotopic (exact) mass is 306 g/mol. The molecule has 0 saturated carbocycles. The average molecular weight is 306 g/mol. The maximum Gasteiger partial charge on any atom is 0.333 e. The Labute approximate surface area is 133 Å². The van der Waals surface area contributed by atoms with E-state index < -0.39 is 0 Å². The zero-order chi connectivity index (χ0) is 13.5. The maximum absolute atomic E-state index is 11.2. The lowest BCUT2D eigenvalue weighted by molar-refractivity contribution is -0.144. The quantitative estimate of drug-likeness (QED) is 0.203. The summed E-state index contributed by atoms with van der Waals surface area (Å²) in [7, 11) is 0. The fourth-order valence-electron chi connectivity index (χ4n) is 0.886. The van der Waals surface area contributed by atoms with Crippen molar-refractivity contribution in [2.45, 2.75) is 57.4 Å². The topological polar surface area (TPSA) is 44.8 Å². The summed E-state index contributed by atoms with van der Waals surface area (Å²) in [5.74, 6) is 0.229. The largest absolute Gasteiger partial charge is 0.473 e. The van der Waals surface area contributed by atoms with Gasteiger partial charge >= 0.3 is 5.97 Å². The second-order valence-electron chi connectivity index (χ2n) is 4.83. The first-order chi connectivity index (χ1) is 7.74. The first-order valence-corrected chi connectivity index (χ1v) is 5.43. The van der Waals surface area contributed by atoms with Crippen molar-refractivity contribution in [1.82, 2.24) is 0 Å². The number of hydrogen-bond acceptors (Lipinski definition) is 4. The van der Waals surface area contributed by atoms with Crippen LogP contribution in [0.3, 0.4) is 0 Å². The van der Waals surface area contributed by atoms with Crippen molar-refractivity contribution in [3.8, 4) is 0 Å². The Hall–Kier alpha value is -1.29. The second-order valence-corrected chi connectivity index (χ2v) is 4.83. The van der Waals surface area contributed by atoms with Crippen LogP contribution in [0.15, 0.2) is 24.5 Å². The standard InChI is InChI=1S/C13H22O4.4CH4/c1-10(2)12(14)16-8-13(5,6)7-15-9-17-11(3)4;;;;/h1,3,7-9H2,2,4-6H3;4*1H4. The second kappa shape index (κ2) is 15.1. The number of rotatable bonds is 8. The van der Waals surface area contributed by atoms with Crippen LogP contribution >= 0.6 is 0 Å². The lowest BCUT2D eigenvalue weighted by Gasteiger charge is -2.23. The summed E-state index contributed by atoms with van der Waals surface area (Å²) >= 11 is 0. The summed E-state index contributed by atoms with van der Waals surface area (Å²) in [5.41, 5.74) is 0.135. The number of carbonyl (C=O) groups is 1. The van der Waals surface area contributed by atoms with Crippen LogP contribution in [0.2, 0.25) is 0 Å². The molecule has 0 aromatic rings. The van der Waals surface area contributed by atoms with Crippen LogP contribution in [0.5, 0.6) is 0 Å². The van der Waals surface area contributed by atoms with Gasteiger partial charge in [-0.15, -0.1) is 0 Å². The van der Waals surface area contributed by atoms with Gasteiger partial charge in [-0.25, -0.2) is 4.79 Å². The molecule has 0 saturated heterocycles. The van der Waals surface area contributed by atoms with E-state index in [1.807, 2.05) is 13.8 Å². The Morgan fingerprint density at radius 3 is 1.81 bits per heavy atom. The van der Waals surface area contributed by atoms with Crippen molar-refractivity contribution in [2.24, 2.45) is 5.41 Å². The molecular formula is C17H38O4. The molecule has 0 aliphatic heterocycles. The van der Waals surface area contributed by atoms with Crippen LogP contribution in [-0.4, -0.2) is 26.0 Å². The minimum atomic E-state index is -0.378. The highest BCUT2D eigenvalue weighted by molar-refractivity contribution is 5.86. The van der Waals surface area contributed by atoms with Crippen LogP contribution in [0, 0.1) is 5.41 Å². The molecule has 0 rings (SSSR count). The number of ether oxygens (including phenoxy) is 3. The molecule has 0 radical (unpaired) electrons. The highest BCUT2D eigenvalue weighted by Gasteiger charge is 2.21. The molecule has 0 unspecified atom stereocenters. The minimum Gasteiger partial charge on any atom is -0.473 e. The highest BCUT2D eigenvalue weighted by atomic mass is 16.7. The van der Waals surface area contributed by atoms with E-state index in [4.69, 9.17) is 14.2 Å². The molecule has 0 atom stereocenters. The van der Waals surface area contributed by atoms with Gasteiger partial charge in [-0.05, 0) is 13.8 Å². The van der Waals surface area contributed by atoms with Gasteiger partial charge in [0.25, 0.3) is 0 Å². The van der Waals surface area contributed by atoms with Crippen molar-refractivity contribution < 1.29 is 19.0 Å². The average Bonchev–Trinajstić information content (AvgIpc) is 2.21. The smallest absolute Gasteiger partial charge is 0.333 e. The first kappa shape index (κ1) is 31.9. The van der Waals surface area contributed by atoms with Gasteiger partial charge in [-0.1, -0.05) is 56.7 Å². The van der Waals surface area contributed by atoms with Crippen molar-refractivity contribution in [3.05, 3.63) is 24.5 Å². The van der Waals surface area contributed by atoms with Crippen molar-refractivity contribution in [2.75, 3.05) is 20.0 Å². The number of hydrogen-bond donors (Lipinski definition) is 0. The maximum atomic E-state index is 11.2. The van der Waals surface area contributed by atoms with Crippen LogP contribution < -0.4 is 0 Å². The molecule has 0 aliphatic carbocycles. The van der Waals surface area contributed by atoms with E-state index in [0.29, 0.717) is 17.9 Å². The molecule has 0 heterocycles. The molecule has 0 aromatic heterocycles. The SMILES string of the molecule is C.C.C.C.C=C(C)OCOCC(C)(C)COC(=O)C(=C)C. The fraction of sp³-hybridized carbons (Fsp3) is 0.706. The van der Waals surface area contributed by atoms with Crippen LogP contribution in [0.1, 0.15) is 57.4 Å². The Kier molecular flexibility index (Phi) is 22.9. The lowest BCUT2D eigenvalue weighted by Crippen LogP contribution is -2.27. The molecule has 0 N–H and O–H groups in total. The molecular weight excluding hydrogens is 268 g/mol. The van der Waals surface area contributed by atoms with Crippen LogP contribution in [-0.2, 0) is 19.0 Å². The summed E-state index contributed by atoms with van der Waals surface area (Å²) < 4.78 is 15.4. The fourth-order valence-corrected chi connectivity index (χ4v) is 0.886. The molecule has 21 heavy (non-hydrogen) atoms.